The topological polar surface area (TPSA) is 93.1 Å². The van der Waals surface area contributed by atoms with Crippen molar-refractivity contribution in [1.82, 2.24) is 14.9 Å². The van der Waals surface area contributed by atoms with Crippen LogP contribution in [-0.2, 0) is 11.8 Å². The lowest BCUT2D eigenvalue weighted by Crippen LogP contribution is -2.46. The van der Waals surface area contributed by atoms with Gasteiger partial charge in [0.05, 0.1) is 23.1 Å². The molecular formula is C18H19F3N4O3. The van der Waals surface area contributed by atoms with Gasteiger partial charge in [-0.05, 0) is 38.5 Å². The summed E-state index contributed by atoms with van der Waals surface area (Å²) in [6.07, 6.45) is -1.71. The van der Waals surface area contributed by atoms with E-state index < -0.39 is 29.8 Å². The second-order valence-electron chi connectivity index (χ2n) is 6.25. The van der Waals surface area contributed by atoms with Gasteiger partial charge in [0.15, 0.2) is 0 Å². The summed E-state index contributed by atoms with van der Waals surface area (Å²) in [5, 5.41) is 4.26. The number of hydrogen-bond acceptors (Lipinski definition) is 4. The largest absolute Gasteiger partial charge is 0.408 e. The molecule has 0 radical (unpaired) electrons. The third-order valence-corrected chi connectivity index (χ3v) is 4.34. The minimum atomic E-state index is -4.68. The average molecular weight is 396 g/mol. The highest BCUT2D eigenvalue weighted by Gasteiger charge is 2.39. The first-order valence-electron chi connectivity index (χ1n) is 8.24. The van der Waals surface area contributed by atoms with E-state index in [2.05, 4.69) is 10.3 Å². The van der Waals surface area contributed by atoms with Crippen LogP contribution in [0.4, 0.5) is 18.9 Å². The summed E-state index contributed by atoms with van der Waals surface area (Å²) < 4.78 is 39.2. The number of halogens is 3. The minimum Gasteiger partial charge on any atom is -0.344 e. The molecule has 0 saturated heterocycles. The van der Waals surface area contributed by atoms with Crippen LogP contribution < -0.4 is 10.6 Å². The molecule has 0 bridgehead atoms. The Labute approximate surface area is 158 Å². The van der Waals surface area contributed by atoms with Crippen LogP contribution in [0.2, 0.25) is 0 Å². The van der Waals surface area contributed by atoms with Crippen LogP contribution in [0.25, 0.3) is 0 Å². The summed E-state index contributed by atoms with van der Waals surface area (Å²) in [6.45, 7) is 3.76. The van der Waals surface area contributed by atoms with E-state index in [1.165, 1.54) is 30.9 Å². The molecule has 150 valence electrons. The molecule has 0 spiro atoms. The van der Waals surface area contributed by atoms with E-state index in [9.17, 15) is 27.6 Å². The van der Waals surface area contributed by atoms with E-state index in [1.54, 1.807) is 24.4 Å². The molecule has 0 saturated carbocycles. The predicted octanol–water partition coefficient (Wildman–Crippen LogP) is 2.54. The zero-order chi connectivity index (χ0) is 21.2. The number of pyridine rings is 1. The second-order valence-corrected chi connectivity index (χ2v) is 6.25. The normalized spacial score (nSPS) is 12.4. The SMILES string of the molecule is Cc1c(C(=O)Nc2cccnc2)c(C)n(C)c1C(=O)C(=O)N[C@H](C)C(F)(F)F. The monoisotopic (exact) mass is 396 g/mol. The molecule has 0 fully saturated rings. The second kappa shape index (κ2) is 7.83. The van der Waals surface area contributed by atoms with Crippen molar-refractivity contribution in [3.8, 4) is 0 Å². The highest BCUT2D eigenvalue weighted by Crippen LogP contribution is 2.24. The number of aromatic nitrogens is 2. The van der Waals surface area contributed by atoms with Crippen LogP contribution in [0.15, 0.2) is 24.5 Å². The Balaban J connectivity index is 2.32. The molecule has 0 aliphatic carbocycles. The molecule has 2 amide bonds. The molecule has 7 nitrogen and oxygen atoms in total. The fourth-order valence-electron chi connectivity index (χ4n) is 2.72. The Morgan fingerprint density at radius 3 is 2.39 bits per heavy atom. The van der Waals surface area contributed by atoms with Crippen molar-refractivity contribution in [1.29, 1.82) is 0 Å². The number of Topliss-reactive ketones (excluding diaryl/α,β-unsaturated/α-hetero) is 1. The van der Waals surface area contributed by atoms with Crippen molar-refractivity contribution in [2.75, 3.05) is 5.32 Å². The number of carbonyl (C=O) groups is 3. The van der Waals surface area contributed by atoms with Crippen LogP contribution in [0.5, 0.6) is 0 Å². The van der Waals surface area contributed by atoms with Crippen molar-refractivity contribution in [3.63, 3.8) is 0 Å². The smallest absolute Gasteiger partial charge is 0.344 e. The Bertz CT molecular complexity index is 920. The molecule has 28 heavy (non-hydrogen) atoms. The minimum absolute atomic E-state index is 0.152. The molecule has 10 heteroatoms. The van der Waals surface area contributed by atoms with Gasteiger partial charge in [-0.1, -0.05) is 0 Å². The third-order valence-electron chi connectivity index (χ3n) is 4.34. The molecule has 2 aromatic rings. The fraction of sp³-hybridized carbons (Fsp3) is 0.333. The highest BCUT2D eigenvalue weighted by atomic mass is 19.4. The van der Waals surface area contributed by atoms with Crippen molar-refractivity contribution >= 4 is 23.3 Å². The molecule has 0 aliphatic heterocycles. The maximum atomic E-state index is 12.6. The Hall–Kier alpha value is -3.17. The van der Waals surface area contributed by atoms with Gasteiger partial charge < -0.3 is 15.2 Å². The standard InChI is InChI=1S/C18H19F3N4O3/c1-9-13(16(27)24-12-6-5-7-22-8-12)10(2)25(4)14(9)15(26)17(28)23-11(3)18(19,20)21/h5-8,11H,1-4H3,(H,23,28)(H,24,27)/t11-/m1/s1. The summed E-state index contributed by atoms with van der Waals surface area (Å²) in [5.41, 5.74) is 1.02. The van der Waals surface area contributed by atoms with Gasteiger partial charge in [0, 0.05) is 18.9 Å². The summed E-state index contributed by atoms with van der Waals surface area (Å²) >= 11 is 0. The lowest BCUT2D eigenvalue weighted by Gasteiger charge is -2.16. The lowest BCUT2D eigenvalue weighted by molar-refractivity contribution is -0.156. The number of amides is 2. The molecule has 1 atom stereocenters. The fourth-order valence-corrected chi connectivity index (χ4v) is 2.72. The van der Waals surface area contributed by atoms with E-state index in [1.807, 2.05) is 0 Å². The third kappa shape index (κ3) is 4.21. The van der Waals surface area contributed by atoms with Crippen LogP contribution in [0.3, 0.4) is 0 Å². The van der Waals surface area contributed by atoms with Gasteiger partial charge in [0.2, 0.25) is 0 Å². The summed E-state index contributed by atoms with van der Waals surface area (Å²) in [6, 6.07) is 1.07. The van der Waals surface area contributed by atoms with Crippen LogP contribution in [0.1, 0.15) is 39.0 Å². The van der Waals surface area contributed by atoms with Gasteiger partial charge in [-0.2, -0.15) is 13.2 Å². The number of rotatable bonds is 5. The van der Waals surface area contributed by atoms with Gasteiger partial charge in [0.1, 0.15) is 6.04 Å². The van der Waals surface area contributed by atoms with E-state index in [0.29, 0.717) is 11.4 Å². The van der Waals surface area contributed by atoms with Gasteiger partial charge in [-0.25, -0.2) is 0 Å². The number of hydrogen-bond donors (Lipinski definition) is 2. The Morgan fingerprint density at radius 2 is 1.86 bits per heavy atom. The summed E-state index contributed by atoms with van der Waals surface area (Å²) in [7, 11) is 1.46. The zero-order valence-corrected chi connectivity index (χ0v) is 15.6. The van der Waals surface area contributed by atoms with E-state index in [-0.39, 0.29) is 16.8 Å². The van der Waals surface area contributed by atoms with Crippen LogP contribution in [0, 0.1) is 13.8 Å². The van der Waals surface area contributed by atoms with Crippen LogP contribution >= 0.6 is 0 Å². The van der Waals surface area contributed by atoms with Crippen molar-refractivity contribution in [2.24, 2.45) is 7.05 Å². The molecule has 2 rings (SSSR count). The lowest BCUT2D eigenvalue weighted by atomic mass is 10.1. The maximum absolute atomic E-state index is 12.6. The highest BCUT2D eigenvalue weighted by molar-refractivity contribution is 6.43. The van der Waals surface area contributed by atoms with Crippen LogP contribution in [-0.4, -0.2) is 39.4 Å². The summed E-state index contributed by atoms with van der Waals surface area (Å²) in [5.74, 6) is -3.07. The first-order valence-corrected chi connectivity index (χ1v) is 8.24. The van der Waals surface area contributed by atoms with Gasteiger partial charge in [-0.15, -0.1) is 0 Å². The number of nitrogens with one attached hydrogen (secondary N) is 2. The van der Waals surface area contributed by atoms with Crippen molar-refractivity contribution in [2.45, 2.75) is 33.0 Å². The molecular weight excluding hydrogens is 377 g/mol. The Kier molecular flexibility index (Phi) is 5.91. The van der Waals surface area contributed by atoms with Gasteiger partial charge in [-0.3, -0.25) is 19.4 Å². The summed E-state index contributed by atoms with van der Waals surface area (Å²) in [4.78, 5) is 40.9. The number of carbonyl (C=O) groups excluding carboxylic acids is 3. The molecule has 0 unspecified atom stereocenters. The van der Waals surface area contributed by atoms with E-state index in [4.69, 9.17) is 0 Å². The first kappa shape index (κ1) is 21.1. The number of ketones is 1. The van der Waals surface area contributed by atoms with E-state index >= 15 is 0 Å². The van der Waals surface area contributed by atoms with Crippen molar-refractivity contribution in [3.05, 3.63) is 47.0 Å². The number of anilines is 1. The number of alkyl halides is 3. The van der Waals surface area contributed by atoms with Gasteiger partial charge >= 0.3 is 6.18 Å². The average Bonchev–Trinajstić information content (AvgIpc) is 2.83. The first-order chi connectivity index (χ1) is 12.9. The quantitative estimate of drug-likeness (QED) is 0.600. The maximum Gasteiger partial charge on any atom is 0.408 e. The molecule has 0 aromatic carbocycles. The van der Waals surface area contributed by atoms with Gasteiger partial charge in [0.25, 0.3) is 17.6 Å². The molecule has 2 aromatic heterocycles. The number of nitrogens with zero attached hydrogens (tertiary/aromatic N) is 2. The zero-order valence-electron chi connectivity index (χ0n) is 15.6. The molecule has 2 heterocycles. The molecule has 2 N–H and O–H groups in total. The predicted molar refractivity (Wildman–Crippen MR) is 95.1 cm³/mol. The Morgan fingerprint density at radius 1 is 1.21 bits per heavy atom. The molecule has 0 aliphatic rings. The van der Waals surface area contributed by atoms with Crippen molar-refractivity contribution < 1.29 is 27.6 Å². The van der Waals surface area contributed by atoms with E-state index in [0.717, 1.165) is 6.92 Å².